The third-order valence-corrected chi connectivity index (χ3v) is 7.46. The third kappa shape index (κ3) is 3.71. The number of benzene rings is 3. The van der Waals surface area contributed by atoms with Gasteiger partial charge in [0.2, 0.25) is 0 Å². The molecule has 0 unspecified atom stereocenters. The number of nitrogens with zero attached hydrogens (tertiary/aromatic N) is 1. The summed E-state index contributed by atoms with van der Waals surface area (Å²) in [6.07, 6.45) is 3.05. The highest BCUT2D eigenvalue weighted by molar-refractivity contribution is 7.26. The zero-order chi connectivity index (χ0) is 22.7. The molecule has 0 saturated heterocycles. The first-order valence-electron chi connectivity index (χ1n) is 11.4. The number of thiophene rings is 1. The van der Waals surface area contributed by atoms with Gasteiger partial charge in [-0.1, -0.05) is 84.0 Å². The number of aromatic nitrogens is 1. The fraction of sp³-hybridized carbons (Fsp3) is 0.300. The lowest BCUT2D eigenvalue weighted by Crippen LogP contribution is -2.12. The fourth-order valence-electron chi connectivity index (χ4n) is 4.77. The second-order valence-corrected chi connectivity index (χ2v) is 12.2. The monoisotopic (exact) mass is 437 g/mol. The van der Waals surface area contributed by atoms with E-state index >= 15 is 0 Å². The van der Waals surface area contributed by atoms with Gasteiger partial charge in [-0.2, -0.15) is 0 Å². The minimum absolute atomic E-state index is 0.0591. The summed E-state index contributed by atoms with van der Waals surface area (Å²) in [4.78, 5) is 4.92. The van der Waals surface area contributed by atoms with Crippen LogP contribution in [-0.2, 0) is 11.8 Å². The molecular weight excluding hydrogens is 406 g/mol. The van der Waals surface area contributed by atoms with Crippen LogP contribution in [-0.4, -0.2) is 4.98 Å². The van der Waals surface area contributed by atoms with Gasteiger partial charge in [0.15, 0.2) is 0 Å². The standard InChI is InChI=1S/C30H31NS/c1-29(2,3)18-20-11-9-13-23-24-14-15-31-26(28(24)32-27(20)23)21-16-19-10-7-8-12-22(19)25(17-21)30(4,5)6/h7-17H,18H2,1-6H3. The van der Waals surface area contributed by atoms with Crippen LogP contribution in [0.1, 0.15) is 52.7 Å². The Balaban J connectivity index is 1.80. The summed E-state index contributed by atoms with van der Waals surface area (Å²) >= 11 is 1.91. The Hall–Kier alpha value is -2.71. The summed E-state index contributed by atoms with van der Waals surface area (Å²) in [6, 6.07) is 22.4. The zero-order valence-corrected chi connectivity index (χ0v) is 20.7. The Morgan fingerprint density at radius 2 is 1.47 bits per heavy atom. The van der Waals surface area contributed by atoms with Gasteiger partial charge in [-0.25, -0.2) is 0 Å². The molecule has 3 aromatic carbocycles. The summed E-state index contributed by atoms with van der Waals surface area (Å²) in [5.74, 6) is 0. The lowest BCUT2D eigenvalue weighted by molar-refractivity contribution is 0.413. The van der Waals surface area contributed by atoms with Gasteiger partial charge in [-0.3, -0.25) is 4.98 Å². The summed E-state index contributed by atoms with van der Waals surface area (Å²) in [5, 5.41) is 5.28. The molecule has 0 amide bonds. The van der Waals surface area contributed by atoms with E-state index < -0.39 is 0 Å². The molecule has 0 radical (unpaired) electrons. The molecule has 0 aliphatic rings. The van der Waals surface area contributed by atoms with Gasteiger partial charge in [0, 0.05) is 27.2 Å². The molecule has 2 heteroatoms. The van der Waals surface area contributed by atoms with Gasteiger partial charge >= 0.3 is 0 Å². The maximum Gasteiger partial charge on any atom is 0.0880 e. The summed E-state index contributed by atoms with van der Waals surface area (Å²) in [5.41, 5.74) is 5.44. The van der Waals surface area contributed by atoms with Crippen molar-refractivity contribution in [3.05, 3.63) is 78.0 Å². The van der Waals surface area contributed by atoms with Crippen molar-refractivity contribution in [3.8, 4) is 11.3 Å². The van der Waals surface area contributed by atoms with E-state index in [0.717, 1.165) is 12.1 Å². The molecule has 5 aromatic rings. The second-order valence-electron chi connectivity index (χ2n) is 11.2. The highest BCUT2D eigenvalue weighted by Gasteiger charge is 2.21. The smallest absolute Gasteiger partial charge is 0.0880 e. The van der Waals surface area contributed by atoms with Crippen LogP contribution in [0.4, 0.5) is 0 Å². The van der Waals surface area contributed by atoms with E-state index in [9.17, 15) is 0 Å². The van der Waals surface area contributed by atoms with Gasteiger partial charge in [0.25, 0.3) is 0 Å². The van der Waals surface area contributed by atoms with Crippen molar-refractivity contribution in [2.24, 2.45) is 5.41 Å². The van der Waals surface area contributed by atoms with Crippen LogP contribution >= 0.6 is 11.3 Å². The van der Waals surface area contributed by atoms with Crippen molar-refractivity contribution in [2.75, 3.05) is 0 Å². The lowest BCUT2D eigenvalue weighted by atomic mass is 9.82. The molecule has 0 saturated carbocycles. The molecule has 5 rings (SSSR count). The second kappa shape index (κ2) is 7.42. The first kappa shape index (κ1) is 21.2. The molecule has 0 spiro atoms. The van der Waals surface area contributed by atoms with E-state index in [1.807, 2.05) is 17.5 Å². The van der Waals surface area contributed by atoms with Crippen LogP contribution in [0.3, 0.4) is 0 Å². The molecule has 2 heterocycles. The molecule has 0 bridgehead atoms. The Kier molecular flexibility index (Phi) is 4.90. The number of hydrogen-bond donors (Lipinski definition) is 0. The van der Waals surface area contributed by atoms with Gasteiger partial charge in [-0.15, -0.1) is 11.3 Å². The molecule has 32 heavy (non-hydrogen) atoms. The molecule has 0 atom stereocenters. The number of fused-ring (bicyclic) bond motifs is 4. The molecule has 0 N–H and O–H groups in total. The normalized spacial score (nSPS) is 12.8. The van der Waals surface area contributed by atoms with Gasteiger partial charge < -0.3 is 0 Å². The SMILES string of the molecule is CC(C)(C)Cc1cccc2c1sc1c(-c3cc(C(C)(C)C)c4ccccc4c3)nccc12. The van der Waals surface area contributed by atoms with Crippen LogP contribution < -0.4 is 0 Å². The van der Waals surface area contributed by atoms with Crippen LogP contribution in [0.15, 0.2) is 66.9 Å². The minimum atomic E-state index is 0.0591. The predicted octanol–water partition coefficient (Wildman–Crippen LogP) is 9.16. The molecule has 2 aromatic heterocycles. The van der Waals surface area contributed by atoms with Crippen LogP contribution in [0.25, 0.3) is 42.2 Å². The van der Waals surface area contributed by atoms with Crippen molar-refractivity contribution in [1.82, 2.24) is 4.98 Å². The van der Waals surface area contributed by atoms with E-state index in [4.69, 9.17) is 4.98 Å². The Morgan fingerprint density at radius 1 is 0.750 bits per heavy atom. The summed E-state index contributed by atoms with van der Waals surface area (Å²) in [7, 11) is 0. The lowest BCUT2D eigenvalue weighted by Gasteiger charge is -2.22. The Labute approximate surface area is 195 Å². The number of rotatable bonds is 2. The van der Waals surface area contributed by atoms with E-state index in [-0.39, 0.29) is 10.8 Å². The van der Waals surface area contributed by atoms with Crippen molar-refractivity contribution >= 4 is 42.3 Å². The molecule has 162 valence electrons. The number of pyridine rings is 1. The predicted molar refractivity (Wildman–Crippen MR) is 142 cm³/mol. The molecule has 0 aliphatic heterocycles. The quantitative estimate of drug-likeness (QED) is 0.268. The van der Waals surface area contributed by atoms with E-state index in [1.54, 1.807) is 0 Å². The largest absolute Gasteiger partial charge is 0.255 e. The first-order chi connectivity index (χ1) is 15.1. The Morgan fingerprint density at radius 3 is 2.22 bits per heavy atom. The maximum absolute atomic E-state index is 4.92. The van der Waals surface area contributed by atoms with E-state index in [2.05, 4.69) is 102 Å². The first-order valence-corrected chi connectivity index (χ1v) is 12.3. The van der Waals surface area contributed by atoms with Crippen molar-refractivity contribution in [3.63, 3.8) is 0 Å². The summed E-state index contributed by atoms with van der Waals surface area (Å²) < 4.78 is 2.70. The molecular formula is C30H31NS. The number of hydrogen-bond acceptors (Lipinski definition) is 2. The highest BCUT2D eigenvalue weighted by atomic mass is 32.1. The topological polar surface area (TPSA) is 12.9 Å². The van der Waals surface area contributed by atoms with E-state index in [0.29, 0.717) is 0 Å². The maximum atomic E-state index is 4.92. The van der Waals surface area contributed by atoms with Crippen molar-refractivity contribution < 1.29 is 0 Å². The molecule has 1 nitrogen and oxygen atoms in total. The summed E-state index contributed by atoms with van der Waals surface area (Å²) in [6.45, 7) is 13.8. The van der Waals surface area contributed by atoms with Gasteiger partial charge in [0.1, 0.15) is 0 Å². The molecule has 0 aliphatic carbocycles. The van der Waals surface area contributed by atoms with Crippen LogP contribution in [0.2, 0.25) is 0 Å². The average Bonchev–Trinajstić information content (AvgIpc) is 3.11. The third-order valence-electron chi connectivity index (χ3n) is 6.16. The fourth-order valence-corrected chi connectivity index (χ4v) is 6.09. The molecule has 0 fully saturated rings. The van der Waals surface area contributed by atoms with Gasteiger partial charge in [0.05, 0.1) is 10.4 Å². The van der Waals surface area contributed by atoms with E-state index in [1.165, 1.54) is 47.6 Å². The minimum Gasteiger partial charge on any atom is -0.255 e. The zero-order valence-electron chi connectivity index (χ0n) is 19.9. The van der Waals surface area contributed by atoms with Gasteiger partial charge in [-0.05, 0) is 57.3 Å². The van der Waals surface area contributed by atoms with Crippen LogP contribution in [0.5, 0.6) is 0 Å². The van der Waals surface area contributed by atoms with Crippen LogP contribution in [0, 0.1) is 5.41 Å². The average molecular weight is 438 g/mol. The van der Waals surface area contributed by atoms with Crippen molar-refractivity contribution in [2.45, 2.75) is 53.4 Å². The Bertz CT molecular complexity index is 1460. The highest BCUT2D eigenvalue weighted by Crippen LogP contribution is 2.43. The van der Waals surface area contributed by atoms with Crippen molar-refractivity contribution in [1.29, 1.82) is 0 Å².